The van der Waals surface area contributed by atoms with E-state index in [4.69, 9.17) is 5.11 Å². The Morgan fingerprint density at radius 2 is 1.06 bits per heavy atom. The molecule has 2 heteroatoms. The van der Waals surface area contributed by atoms with Crippen molar-refractivity contribution in [2.45, 2.75) is 77.0 Å². The van der Waals surface area contributed by atoms with Gasteiger partial charge in [-0.3, -0.25) is 4.39 Å². The van der Waals surface area contributed by atoms with Gasteiger partial charge >= 0.3 is 0 Å². The molecular weight excluding hydrogens is 227 g/mol. The van der Waals surface area contributed by atoms with Crippen LogP contribution in [-0.2, 0) is 0 Å². The molecular formula is C16H31FO. The van der Waals surface area contributed by atoms with Crippen molar-refractivity contribution in [1.82, 2.24) is 0 Å². The SMILES string of the molecule is OCC/C=C\CCCCCCCCCCCCF. The number of rotatable bonds is 14. The first kappa shape index (κ1) is 17.6. The van der Waals surface area contributed by atoms with Crippen molar-refractivity contribution in [3.8, 4) is 0 Å². The van der Waals surface area contributed by atoms with Crippen LogP contribution in [-0.4, -0.2) is 18.4 Å². The van der Waals surface area contributed by atoms with Crippen LogP contribution in [0.15, 0.2) is 12.2 Å². The molecule has 0 saturated heterocycles. The molecule has 1 N–H and O–H groups in total. The summed E-state index contributed by atoms with van der Waals surface area (Å²) in [5.74, 6) is 0. The summed E-state index contributed by atoms with van der Waals surface area (Å²) in [6.45, 7) is 0.120. The smallest absolute Gasteiger partial charge is 0.0894 e. The summed E-state index contributed by atoms with van der Waals surface area (Å²) in [4.78, 5) is 0. The molecule has 0 aromatic carbocycles. The fraction of sp³-hybridized carbons (Fsp3) is 0.875. The Bertz CT molecular complexity index is 168. The number of hydrogen-bond donors (Lipinski definition) is 1. The van der Waals surface area contributed by atoms with E-state index in [1.54, 1.807) is 0 Å². The molecule has 1 nitrogen and oxygen atoms in total. The maximum atomic E-state index is 11.8. The largest absolute Gasteiger partial charge is 0.396 e. The number of hydrogen-bond acceptors (Lipinski definition) is 1. The second-order valence-corrected chi connectivity index (χ2v) is 5.00. The average molecular weight is 258 g/mol. The van der Waals surface area contributed by atoms with Crippen LogP contribution in [0.2, 0.25) is 0 Å². The molecule has 0 saturated carbocycles. The fourth-order valence-electron chi connectivity index (χ4n) is 2.08. The van der Waals surface area contributed by atoms with E-state index in [2.05, 4.69) is 12.2 Å². The third-order valence-corrected chi connectivity index (χ3v) is 3.22. The number of alkyl halides is 1. The second kappa shape index (κ2) is 16.6. The highest BCUT2D eigenvalue weighted by Gasteiger charge is 1.92. The standard InChI is InChI=1S/C16H31FO/c17-15-13-11-9-7-5-3-1-2-4-6-8-10-12-14-16-18/h10,12,18H,1-9,11,13-16H2/b12-10-. The molecule has 0 spiro atoms. The molecule has 0 aromatic rings. The van der Waals surface area contributed by atoms with Gasteiger partial charge in [-0.1, -0.05) is 63.5 Å². The first-order valence-corrected chi connectivity index (χ1v) is 7.73. The molecule has 0 atom stereocenters. The molecule has 0 fully saturated rings. The summed E-state index contributed by atoms with van der Waals surface area (Å²) >= 11 is 0. The molecule has 0 aromatic heterocycles. The monoisotopic (exact) mass is 258 g/mol. The quantitative estimate of drug-likeness (QED) is 0.336. The van der Waals surface area contributed by atoms with Crippen LogP contribution in [0.1, 0.15) is 77.0 Å². The Hall–Kier alpha value is -0.370. The number of aliphatic hydroxyl groups is 1. The maximum Gasteiger partial charge on any atom is 0.0894 e. The predicted octanol–water partition coefficient (Wildman–Crippen LogP) is 5.19. The minimum atomic E-state index is -0.146. The van der Waals surface area contributed by atoms with Gasteiger partial charge in [0.15, 0.2) is 0 Å². The van der Waals surface area contributed by atoms with Gasteiger partial charge in [-0.25, -0.2) is 0 Å². The van der Waals surface area contributed by atoms with Gasteiger partial charge in [-0.05, 0) is 25.7 Å². The van der Waals surface area contributed by atoms with Crippen LogP contribution in [0.4, 0.5) is 4.39 Å². The number of unbranched alkanes of at least 4 members (excludes halogenated alkanes) is 10. The maximum absolute atomic E-state index is 11.8. The Labute approximate surface area is 112 Å². The average Bonchev–Trinajstić information content (AvgIpc) is 2.39. The van der Waals surface area contributed by atoms with E-state index < -0.39 is 0 Å². The van der Waals surface area contributed by atoms with Crippen LogP contribution in [0.25, 0.3) is 0 Å². The van der Waals surface area contributed by atoms with Crippen LogP contribution in [0.5, 0.6) is 0 Å². The lowest BCUT2D eigenvalue weighted by atomic mass is 10.1. The van der Waals surface area contributed by atoms with E-state index in [-0.39, 0.29) is 13.3 Å². The molecule has 108 valence electrons. The van der Waals surface area contributed by atoms with Crippen molar-refractivity contribution in [2.75, 3.05) is 13.3 Å². The number of allylic oxidation sites excluding steroid dienone is 1. The molecule has 0 unspecified atom stereocenters. The summed E-state index contributed by atoms with van der Waals surface area (Å²) in [5, 5.41) is 8.59. The summed E-state index contributed by atoms with van der Waals surface area (Å²) in [7, 11) is 0. The van der Waals surface area contributed by atoms with Crippen molar-refractivity contribution in [2.24, 2.45) is 0 Å². The third kappa shape index (κ3) is 15.6. The van der Waals surface area contributed by atoms with Crippen LogP contribution in [0, 0.1) is 0 Å². The molecule has 18 heavy (non-hydrogen) atoms. The van der Waals surface area contributed by atoms with E-state index in [9.17, 15) is 4.39 Å². The topological polar surface area (TPSA) is 20.2 Å². The van der Waals surface area contributed by atoms with E-state index >= 15 is 0 Å². The summed E-state index contributed by atoms with van der Waals surface area (Å²) in [5.41, 5.74) is 0. The van der Waals surface area contributed by atoms with E-state index in [0.717, 1.165) is 25.7 Å². The van der Waals surface area contributed by atoms with Gasteiger partial charge < -0.3 is 5.11 Å². The molecule has 0 aliphatic rings. The lowest BCUT2D eigenvalue weighted by molar-refractivity contribution is 0.302. The molecule has 0 heterocycles. The van der Waals surface area contributed by atoms with Crippen molar-refractivity contribution in [3.63, 3.8) is 0 Å². The van der Waals surface area contributed by atoms with Crippen LogP contribution in [0.3, 0.4) is 0 Å². The van der Waals surface area contributed by atoms with Crippen molar-refractivity contribution in [1.29, 1.82) is 0 Å². The van der Waals surface area contributed by atoms with Gasteiger partial charge in [0.05, 0.1) is 6.67 Å². The summed E-state index contributed by atoms with van der Waals surface area (Å²) in [6, 6.07) is 0. The molecule has 0 bridgehead atoms. The Kier molecular flexibility index (Phi) is 16.3. The molecule has 0 amide bonds. The Morgan fingerprint density at radius 1 is 0.611 bits per heavy atom. The van der Waals surface area contributed by atoms with Gasteiger partial charge in [-0.2, -0.15) is 0 Å². The molecule has 0 rings (SSSR count). The molecule has 0 aliphatic carbocycles. The van der Waals surface area contributed by atoms with Gasteiger partial charge in [0.25, 0.3) is 0 Å². The highest BCUT2D eigenvalue weighted by atomic mass is 19.1. The number of halogens is 1. The van der Waals surface area contributed by atoms with Crippen molar-refractivity contribution < 1.29 is 9.50 Å². The summed E-state index contributed by atoms with van der Waals surface area (Å²) < 4.78 is 11.8. The van der Waals surface area contributed by atoms with E-state index in [1.807, 2.05) is 0 Å². The zero-order valence-corrected chi connectivity index (χ0v) is 11.9. The first-order valence-electron chi connectivity index (χ1n) is 7.73. The predicted molar refractivity (Wildman–Crippen MR) is 77.6 cm³/mol. The molecule has 0 radical (unpaired) electrons. The lowest BCUT2D eigenvalue weighted by Gasteiger charge is -2.01. The zero-order chi connectivity index (χ0) is 13.3. The van der Waals surface area contributed by atoms with Gasteiger partial charge in [-0.15, -0.1) is 0 Å². The normalized spacial score (nSPS) is 11.4. The van der Waals surface area contributed by atoms with Crippen LogP contribution >= 0.6 is 0 Å². The first-order chi connectivity index (χ1) is 8.91. The van der Waals surface area contributed by atoms with Crippen LogP contribution < -0.4 is 0 Å². The minimum Gasteiger partial charge on any atom is -0.396 e. The van der Waals surface area contributed by atoms with Gasteiger partial charge in [0.2, 0.25) is 0 Å². The molecule has 0 aliphatic heterocycles. The van der Waals surface area contributed by atoms with Gasteiger partial charge in [0, 0.05) is 6.61 Å². The highest BCUT2D eigenvalue weighted by molar-refractivity contribution is 4.80. The fourth-order valence-corrected chi connectivity index (χ4v) is 2.08. The summed E-state index contributed by atoms with van der Waals surface area (Å²) in [6.07, 6.45) is 18.5. The number of aliphatic hydroxyl groups excluding tert-OH is 1. The third-order valence-electron chi connectivity index (χ3n) is 3.22. The highest BCUT2D eigenvalue weighted by Crippen LogP contribution is 2.11. The Morgan fingerprint density at radius 3 is 1.56 bits per heavy atom. The van der Waals surface area contributed by atoms with E-state index in [1.165, 1.54) is 51.4 Å². The van der Waals surface area contributed by atoms with Crippen molar-refractivity contribution >= 4 is 0 Å². The zero-order valence-electron chi connectivity index (χ0n) is 11.9. The van der Waals surface area contributed by atoms with Gasteiger partial charge in [0.1, 0.15) is 0 Å². The lowest BCUT2D eigenvalue weighted by Crippen LogP contribution is -1.83. The second-order valence-electron chi connectivity index (χ2n) is 5.00. The van der Waals surface area contributed by atoms with E-state index in [0.29, 0.717) is 0 Å². The Balaban J connectivity index is 2.94. The minimum absolute atomic E-state index is 0.146. The van der Waals surface area contributed by atoms with Crippen molar-refractivity contribution in [3.05, 3.63) is 12.2 Å².